The first-order chi connectivity index (χ1) is 58.2. The number of rotatable bonds is 77. The lowest BCUT2D eigenvalue weighted by Crippen LogP contribution is -2.74. The zero-order valence-corrected chi connectivity index (χ0v) is 76.7. The number of unbranched alkanes of at least 4 members (excludes halogenated alkanes) is 44. The molecule has 0 aromatic rings. The fraction of sp³-hybridized carbons (Fsp3) is 0.944. The van der Waals surface area contributed by atoms with Crippen molar-refractivity contribution in [3.63, 3.8) is 0 Å². The summed E-state index contributed by atoms with van der Waals surface area (Å²) in [5, 5.41) is 84.7. The van der Waals surface area contributed by atoms with E-state index < -0.39 is 201 Å². The fourth-order valence-electron chi connectivity index (χ4n) is 16.1. The number of ether oxygens (including phenoxy) is 7. The first-order valence-electron chi connectivity index (χ1n) is 47.8. The highest BCUT2D eigenvalue weighted by molar-refractivity contribution is 7.45. The van der Waals surface area contributed by atoms with Gasteiger partial charge in [-0.25, -0.2) is 0 Å². The third kappa shape index (κ3) is 53.0. The van der Waals surface area contributed by atoms with Gasteiger partial charge >= 0.3 is 17.9 Å². The average molecular weight is 1770 g/mol. The summed E-state index contributed by atoms with van der Waals surface area (Å²) < 4.78 is 85.2. The van der Waals surface area contributed by atoms with Crippen LogP contribution in [0.5, 0.6) is 0 Å². The highest BCUT2D eigenvalue weighted by Crippen LogP contribution is 2.46. The van der Waals surface area contributed by atoms with Crippen molar-refractivity contribution in [2.45, 2.75) is 517 Å². The molecular formula is C89H167N3O27P2-2. The number of quaternary nitrogens is 1. The summed E-state index contributed by atoms with van der Waals surface area (Å²) >= 11 is 0. The van der Waals surface area contributed by atoms with E-state index in [1.54, 1.807) is 0 Å². The normalized spacial score (nSPS) is 24.2. The largest absolute Gasteiger partial charge is 0.790 e. The number of esters is 3. The number of phosphoric acid groups is 2. The SMILES string of the molecule is CCCCCCCCCCCCCCCC(=O)O[C@H](CCCCCCCCCCC)CC(=O)N[C@H]1[C@@H](OP(=O)([O-])O[C@H]2OC[C@H]([NH3+])[C@H](O)[C@H]2O)O[C@H](CO[C@@H]2O[C@H](CO)[C@@H](OP(=O)([O-])[O-])[C@H](OC(=O)C[C@H](O)CCCCCCCCCCC)[C@H]2NC(=O)C[C@H](O)CCCCCCCCCCC)[C@@H](O)[C@@H]1OC(=O)C[C@H](O)CCCCCCCCCCC. The van der Waals surface area contributed by atoms with Gasteiger partial charge in [-0.05, 0) is 38.5 Å². The minimum Gasteiger partial charge on any atom is -0.790 e. The molecule has 712 valence electrons. The average Bonchev–Trinajstić information content (AvgIpc) is 0.778. The number of nitrogens with one attached hydrogen (secondary N) is 2. The summed E-state index contributed by atoms with van der Waals surface area (Å²) in [6, 6.07) is -5.02. The number of carbonyl (C=O) groups excluding carboxylic acids is 5. The summed E-state index contributed by atoms with van der Waals surface area (Å²) in [5.41, 5.74) is 3.71. The number of aliphatic hydroxyl groups excluding tert-OH is 7. The summed E-state index contributed by atoms with van der Waals surface area (Å²) in [4.78, 5) is 112. The molecule has 19 atom stereocenters. The Bertz CT molecular complexity index is 2730. The van der Waals surface area contributed by atoms with Crippen LogP contribution >= 0.6 is 15.6 Å². The van der Waals surface area contributed by atoms with Crippen LogP contribution in [-0.2, 0) is 79.8 Å². The van der Waals surface area contributed by atoms with Gasteiger partial charge in [0.25, 0.3) is 7.82 Å². The Labute approximate surface area is 725 Å². The summed E-state index contributed by atoms with van der Waals surface area (Å²) in [5.74, 6) is -4.81. The zero-order valence-electron chi connectivity index (χ0n) is 74.9. The Kier molecular flexibility index (Phi) is 64.1. The summed E-state index contributed by atoms with van der Waals surface area (Å²) in [7, 11) is -12.2. The van der Waals surface area contributed by atoms with Crippen LogP contribution in [0.3, 0.4) is 0 Å². The van der Waals surface area contributed by atoms with E-state index in [-0.39, 0.29) is 32.1 Å². The predicted molar refractivity (Wildman–Crippen MR) is 455 cm³/mol. The molecule has 3 saturated heterocycles. The minimum atomic E-state index is -6.15. The van der Waals surface area contributed by atoms with Crippen LogP contribution < -0.4 is 31.0 Å². The maximum absolute atomic E-state index is 15.0. The lowest BCUT2D eigenvalue weighted by atomic mass is 9.95. The number of amides is 2. The minimum absolute atomic E-state index is 0.0671. The molecule has 0 saturated carbocycles. The topological polar surface area (TPSA) is 474 Å². The smallest absolute Gasteiger partial charge is 0.308 e. The molecule has 3 aliphatic rings. The second-order valence-electron chi connectivity index (χ2n) is 34.7. The Morgan fingerprint density at radius 3 is 1.16 bits per heavy atom. The van der Waals surface area contributed by atoms with Gasteiger partial charge < -0.3 is 109 Å². The van der Waals surface area contributed by atoms with E-state index in [0.29, 0.717) is 32.1 Å². The molecule has 0 aromatic carbocycles. The number of phosphoric ester groups is 2. The summed E-state index contributed by atoms with van der Waals surface area (Å²) in [6.45, 7) is 8.10. The van der Waals surface area contributed by atoms with Crippen LogP contribution in [0, 0.1) is 0 Å². The molecule has 3 aliphatic heterocycles. The molecule has 1 unspecified atom stereocenters. The first-order valence-corrected chi connectivity index (χ1v) is 50.7. The third-order valence-electron chi connectivity index (χ3n) is 23.4. The molecule has 0 aromatic heterocycles. The van der Waals surface area contributed by atoms with Gasteiger partial charge in [0.2, 0.25) is 11.8 Å². The molecule has 0 radical (unpaired) electrons. The van der Waals surface area contributed by atoms with Crippen LogP contribution in [0.15, 0.2) is 0 Å². The van der Waals surface area contributed by atoms with E-state index >= 15 is 0 Å². The van der Waals surface area contributed by atoms with Crippen molar-refractivity contribution in [1.29, 1.82) is 0 Å². The molecule has 12 N–H and O–H groups in total. The van der Waals surface area contributed by atoms with E-state index in [1.165, 1.54) is 44.9 Å². The molecule has 3 rings (SSSR count). The van der Waals surface area contributed by atoms with Crippen molar-refractivity contribution in [2.24, 2.45) is 0 Å². The molecule has 2 amide bonds. The van der Waals surface area contributed by atoms with Gasteiger partial charge in [-0.15, -0.1) is 0 Å². The van der Waals surface area contributed by atoms with E-state index in [0.717, 1.165) is 238 Å². The number of hydrogen-bond acceptors (Lipinski definition) is 27. The lowest BCUT2D eigenvalue weighted by molar-refractivity contribution is -0.469. The van der Waals surface area contributed by atoms with Gasteiger partial charge in [-0.3, -0.25) is 37.6 Å². The molecule has 3 heterocycles. The molecular weight excluding hydrogens is 1600 g/mol. The maximum atomic E-state index is 15.0. The molecule has 0 spiro atoms. The Hall–Kier alpha value is -2.91. The Morgan fingerprint density at radius 2 is 0.752 bits per heavy atom. The van der Waals surface area contributed by atoms with Crippen molar-refractivity contribution in [3.05, 3.63) is 0 Å². The standard InChI is InChI=1S/C89H169N3O27P2/c1-6-11-16-21-26-31-32-33-34-39-44-49-54-59-76(99)112-70(58-53-48-43-38-30-25-20-15-10-5)63-75(98)92-79-85(115-77(100)61-68(95)56-51-46-41-36-28-23-18-13-8-3)82(103)73(114-88(79)118-121(108,109)119-89-83(104)81(102)71(90)65-110-89)66-111-87-80(91-74(97)60-67(94)55-50-45-40-35-27-22-17-12-7-2)86(84(72(64-93)113-87)117-120(105,106)107)116-78(101)62-69(96)57-52-47-42-37-29-24-19-14-9-4/h67-73,79-89,93-96,102-104H,6-66,90H2,1-5H3,(H,91,97)(H,92,98)(H,108,109)(H2,105,106,107)/p-2/t67-,68-,69-,70-,71+,72-,73-,79-,80-,81+,82-,83-,84-,85-,86-,87-,88-,89-/m1/s1. The number of aliphatic hydroxyl groups is 7. The maximum Gasteiger partial charge on any atom is 0.308 e. The van der Waals surface area contributed by atoms with Gasteiger partial charge in [0.1, 0.15) is 67.5 Å². The van der Waals surface area contributed by atoms with Crippen LogP contribution in [0.25, 0.3) is 0 Å². The van der Waals surface area contributed by atoms with Crippen LogP contribution in [0.1, 0.15) is 407 Å². The zero-order chi connectivity index (χ0) is 88.9. The lowest BCUT2D eigenvalue weighted by Gasteiger charge is -2.49. The monoisotopic (exact) mass is 1770 g/mol. The van der Waals surface area contributed by atoms with E-state index in [2.05, 4.69) is 51.0 Å². The van der Waals surface area contributed by atoms with Gasteiger partial charge in [0, 0.05) is 6.42 Å². The van der Waals surface area contributed by atoms with Crippen molar-refractivity contribution in [2.75, 3.05) is 19.8 Å². The van der Waals surface area contributed by atoms with Crippen molar-refractivity contribution < 1.29 is 136 Å². The van der Waals surface area contributed by atoms with E-state index in [4.69, 9.17) is 46.7 Å². The van der Waals surface area contributed by atoms with E-state index in [9.17, 15) is 83.5 Å². The number of hydrogen-bond donors (Lipinski definition) is 10. The highest BCUT2D eigenvalue weighted by Gasteiger charge is 2.54. The van der Waals surface area contributed by atoms with Gasteiger partial charge in [0.05, 0.1) is 65.0 Å². The molecule has 121 heavy (non-hydrogen) atoms. The van der Waals surface area contributed by atoms with E-state index in [1.807, 2.05) is 0 Å². The quantitative estimate of drug-likeness (QED) is 0.0117. The fourth-order valence-corrected chi connectivity index (χ4v) is 17.6. The second kappa shape index (κ2) is 69.1. The number of carbonyl (C=O) groups is 5. The van der Waals surface area contributed by atoms with Gasteiger partial charge in [-0.2, -0.15) is 0 Å². The van der Waals surface area contributed by atoms with Crippen LogP contribution in [0.4, 0.5) is 0 Å². The van der Waals surface area contributed by atoms with Crippen molar-refractivity contribution in [3.8, 4) is 0 Å². The van der Waals surface area contributed by atoms with Crippen LogP contribution in [0.2, 0.25) is 0 Å². The molecule has 0 aliphatic carbocycles. The predicted octanol–water partition coefficient (Wildman–Crippen LogP) is 12.7. The summed E-state index contributed by atoms with van der Waals surface area (Å²) in [6.07, 6.45) is 19.0. The highest BCUT2D eigenvalue weighted by atomic mass is 31.2. The van der Waals surface area contributed by atoms with Crippen LogP contribution in [-0.4, -0.2) is 196 Å². The van der Waals surface area contributed by atoms with Gasteiger partial charge in [-0.1, -0.05) is 336 Å². The first kappa shape index (κ1) is 112. The van der Waals surface area contributed by atoms with Crippen molar-refractivity contribution >= 4 is 45.4 Å². The Balaban J connectivity index is 2.17. The third-order valence-corrected chi connectivity index (χ3v) is 24.8. The van der Waals surface area contributed by atoms with Gasteiger partial charge in [0.15, 0.2) is 31.1 Å². The molecule has 0 bridgehead atoms. The molecule has 3 fully saturated rings. The molecule has 32 heteroatoms. The van der Waals surface area contributed by atoms with Crippen molar-refractivity contribution in [1.82, 2.24) is 10.6 Å². The Morgan fingerprint density at radius 1 is 0.405 bits per heavy atom. The second-order valence-corrected chi connectivity index (χ2v) is 37.1. The molecule has 30 nitrogen and oxygen atoms in total.